The molecule has 1 unspecified atom stereocenters. The van der Waals surface area contributed by atoms with E-state index in [1.165, 1.54) is 0 Å². The van der Waals surface area contributed by atoms with Crippen molar-refractivity contribution in [3.63, 3.8) is 0 Å². The Morgan fingerprint density at radius 3 is 2.94 bits per heavy atom. The number of aryl methyl sites for hydroxylation is 1. The lowest BCUT2D eigenvalue weighted by Gasteiger charge is -2.28. The summed E-state index contributed by atoms with van der Waals surface area (Å²) in [7, 11) is 0. The highest BCUT2D eigenvalue weighted by molar-refractivity contribution is 5.98. The fraction of sp³-hybridized carbons (Fsp3) is 0.318. The molecule has 10 nitrogen and oxygen atoms in total. The summed E-state index contributed by atoms with van der Waals surface area (Å²) in [5, 5.41) is 17.1. The fourth-order valence-corrected chi connectivity index (χ4v) is 4.28. The molecule has 0 saturated carbocycles. The summed E-state index contributed by atoms with van der Waals surface area (Å²) < 4.78 is 1.62. The maximum atomic E-state index is 13.0. The summed E-state index contributed by atoms with van der Waals surface area (Å²) in [6.45, 7) is 2.97. The molecule has 2 aromatic heterocycles. The molecule has 1 aromatic carbocycles. The lowest BCUT2D eigenvalue weighted by molar-refractivity contribution is -0.133. The number of nitrogens with one attached hydrogen (secondary N) is 3. The summed E-state index contributed by atoms with van der Waals surface area (Å²) >= 11 is 0. The summed E-state index contributed by atoms with van der Waals surface area (Å²) in [6.07, 6.45) is 4.25. The third-order valence-electron chi connectivity index (χ3n) is 5.87. The number of hydrogen-bond donors (Lipinski definition) is 3. The Kier molecular flexibility index (Phi) is 4.96. The molecule has 0 fully saturated rings. The normalized spacial score (nSPS) is 17.3. The fourth-order valence-electron chi connectivity index (χ4n) is 4.28. The molecule has 10 heteroatoms. The van der Waals surface area contributed by atoms with Gasteiger partial charge < -0.3 is 15.5 Å². The van der Waals surface area contributed by atoms with Gasteiger partial charge in [-0.05, 0) is 30.5 Å². The smallest absolute Gasteiger partial charge is 0.272 e. The van der Waals surface area contributed by atoms with Gasteiger partial charge in [-0.25, -0.2) is 0 Å². The van der Waals surface area contributed by atoms with Gasteiger partial charge in [0.15, 0.2) is 5.69 Å². The quantitative estimate of drug-likeness (QED) is 0.572. The number of rotatable bonds is 4. The van der Waals surface area contributed by atoms with Gasteiger partial charge in [-0.1, -0.05) is 18.2 Å². The van der Waals surface area contributed by atoms with Crippen molar-refractivity contribution < 1.29 is 14.4 Å². The molecule has 32 heavy (non-hydrogen) atoms. The van der Waals surface area contributed by atoms with Crippen LogP contribution in [0.5, 0.6) is 0 Å². The van der Waals surface area contributed by atoms with E-state index >= 15 is 0 Å². The third-order valence-corrected chi connectivity index (χ3v) is 5.87. The topological polar surface area (TPSA) is 125 Å². The molecule has 0 aliphatic carbocycles. The lowest BCUT2D eigenvalue weighted by Crippen LogP contribution is -2.39. The van der Waals surface area contributed by atoms with Crippen LogP contribution in [0.2, 0.25) is 0 Å². The Bertz CT molecular complexity index is 1210. The maximum Gasteiger partial charge on any atom is 0.272 e. The van der Waals surface area contributed by atoms with Crippen molar-refractivity contribution >= 4 is 23.4 Å². The molecule has 5 rings (SSSR count). The first-order valence-electron chi connectivity index (χ1n) is 10.5. The monoisotopic (exact) mass is 433 g/mol. The molecule has 164 valence electrons. The molecule has 3 amide bonds. The minimum Gasteiger partial charge on any atom is -0.343 e. The SMILES string of the molecule is Cc1cnn(CC(=O)N2CCc3c(C(=O)NC4CC(=O)Nc5ccccc54)n[nH]c3C2)c1. The van der Waals surface area contributed by atoms with Gasteiger partial charge in [0.1, 0.15) is 6.54 Å². The molecule has 1 atom stereocenters. The van der Waals surface area contributed by atoms with Gasteiger partial charge in [0.2, 0.25) is 11.8 Å². The van der Waals surface area contributed by atoms with Crippen LogP contribution in [0.25, 0.3) is 0 Å². The zero-order valence-corrected chi connectivity index (χ0v) is 17.6. The van der Waals surface area contributed by atoms with Gasteiger partial charge in [0.05, 0.1) is 30.9 Å². The van der Waals surface area contributed by atoms with E-state index in [9.17, 15) is 14.4 Å². The lowest BCUT2D eigenvalue weighted by atomic mass is 9.97. The standard InChI is InChI=1S/C22H23N7O3/c1-13-9-23-29(10-13)12-20(31)28-7-6-15-18(11-28)26-27-21(15)22(32)25-17-8-19(30)24-16-5-3-2-4-14(16)17/h2-5,9-10,17H,6-8,11-12H2,1H3,(H,24,30)(H,25,32)(H,26,27). The highest BCUT2D eigenvalue weighted by Crippen LogP contribution is 2.30. The summed E-state index contributed by atoms with van der Waals surface area (Å²) in [6, 6.07) is 7.01. The van der Waals surface area contributed by atoms with Crippen molar-refractivity contribution in [2.24, 2.45) is 0 Å². The number of carbonyl (C=O) groups excluding carboxylic acids is 3. The number of amides is 3. The van der Waals surface area contributed by atoms with Crippen LogP contribution in [-0.2, 0) is 29.1 Å². The molecular formula is C22H23N7O3. The van der Waals surface area contributed by atoms with Gasteiger partial charge >= 0.3 is 0 Å². The molecule has 0 bridgehead atoms. The molecular weight excluding hydrogens is 410 g/mol. The molecule has 4 heterocycles. The van der Waals surface area contributed by atoms with Gasteiger partial charge in [-0.2, -0.15) is 10.2 Å². The highest BCUT2D eigenvalue weighted by Gasteiger charge is 2.31. The first kappa shape index (κ1) is 20.0. The highest BCUT2D eigenvalue weighted by atomic mass is 16.2. The van der Waals surface area contributed by atoms with E-state index in [2.05, 4.69) is 25.9 Å². The number of H-pyrrole nitrogens is 1. The molecule has 3 aromatic rings. The van der Waals surface area contributed by atoms with Gasteiger partial charge in [-0.3, -0.25) is 24.2 Å². The molecule has 0 spiro atoms. The number of nitrogens with zero attached hydrogens (tertiary/aromatic N) is 4. The summed E-state index contributed by atoms with van der Waals surface area (Å²) in [5.74, 6) is -0.507. The number of para-hydroxylation sites is 1. The third kappa shape index (κ3) is 3.75. The number of fused-ring (bicyclic) bond motifs is 2. The van der Waals surface area contributed by atoms with Crippen LogP contribution in [0.15, 0.2) is 36.7 Å². The van der Waals surface area contributed by atoms with E-state index in [-0.39, 0.29) is 30.7 Å². The Balaban J connectivity index is 1.28. The second-order valence-corrected chi connectivity index (χ2v) is 8.18. The van der Waals surface area contributed by atoms with Gasteiger partial charge in [0, 0.05) is 24.0 Å². The van der Waals surface area contributed by atoms with E-state index in [4.69, 9.17) is 0 Å². The van der Waals surface area contributed by atoms with Crippen molar-refractivity contribution in [2.45, 2.75) is 38.9 Å². The zero-order chi connectivity index (χ0) is 22.2. The average Bonchev–Trinajstić information content (AvgIpc) is 3.38. The number of hydrogen-bond acceptors (Lipinski definition) is 5. The van der Waals surface area contributed by atoms with Gasteiger partial charge in [-0.15, -0.1) is 0 Å². The largest absolute Gasteiger partial charge is 0.343 e. The first-order chi connectivity index (χ1) is 15.5. The maximum absolute atomic E-state index is 13.0. The van der Waals surface area contributed by atoms with Crippen molar-refractivity contribution in [1.29, 1.82) is 0 Å². The molecule has 2 aliphatic rings. The number of carbonyl (C=O) groups is 3. The minimum absolute atomic E-state index is 0.0378. The van der Waals surface area contributed by atoms with E-state index in [0.29, 0.717) is 30.9 Å². The van der Waals surface area contributed by atoms with Crippen LogP contribution in [0.1, 0.15) is 45.3 Å². The van der Waals surface area contributed by atoms with Crippen LogP contribution in [0.4, 0.5) is 5.69 Å². The first-order valence-corrected chi connectivity index (χ1v) is 10.5. The number of aromatic amines is 1. The number of anilines is 1. The van der Waals surface area contributed by atoms with Gasteiger partial charge in [0.25, 0.3) is 5.91 Å². The molecule has 0 radical (unpaired) electrons. The minimum atomic E-state index is -0.418. The van der Waals surface area contributed by atoms with Crippen molar-refractivity contribution in [2.75, 3.05) is 11.9 Å². The molecule has 2 aliphatic heterocycles. The van der Waals surface area contributed by atoms with Crippen LogP contribution < -0.4 is 10.6 Å². The van der Waals surface area contributed by atoms with Crippen molar-refractivity contribution in [1.82, 2.24) is 30.2 Å². The summed E-state index contributed by atoms with van der Waals surface area (Å²) in [5.41, 5.74) is 4.47. The Labute approximate surface area is 184 Å². The van der Waals surface area contributed by atoms with Crippen LogP contribution in [0, 0.1) is 6.92 Å². The molecule has 0 saturated heterocycles. The van der Waals surface area contributed by atoms with E-state index in [1.54, 1.807) is 15.8 Å². The van der Waals surface area contributed by atoms with E-state index in [1.807, 2.05) is 37.4 Å². The average molecular weight is 433 g/mol. The Morgan fingerprint density at radius 2 is 2.12 bits per heavy atom. The van der Waals surface area contributed by atoms with Crippen LogP contribution in [-0.4, -0.2) is 49.1 Å². The molecule has 3 N–H and O–H groups in total. The zero-order valence-electron chi connectivity index (χ0n) is 17.6. The second kappa shape index (κ2) is 7.95. The number of aromatic nitrogens is 4. The van der Waals surface area contributed by atoms with Crippen molar-refractivity contribution in [3.8, 4) is 0 Å². The summed E-state index contributed by atoms with van der Waals surface area (Å²) in [4.78, 5) is 39.4. The van der Waals surface area contributed by atoms with E-state index in [0.717, 1.165) is 22.4 Å². The van der Waals surface area contributed by atoms with E-state index < -0.39 is 6.04 Å². The predicted molar refractivity (Wildman–Crippen MR) is 115 cm³/mol. The Morgan fingerprint density at radius 1 is 1.28 bits per heavy atom. The Hall–Kier alpha value is -3.95. The second-order valence-electron chi connectivity index (χ2n) is 8.18. The van der Waals surface area contributed by atoms with Crippen molar-refractivity contribution in [3.05, 3.63) is 64.7 Å². The van der Waals surface area contributed by atoms with Crippen LogP contribution >= 0.6 is 0 Å². The van der Waals surface area contributed by atoms with Crippen LogP contribution in [0.3, 0.4) is 0 Å². The number of benzene rings is 1. The predicted octanol–water partition coefficient (Wildman–Crippen LogP) is 1.31.